The lowest BCUT2D eigenvalue weighted by molar-refractivity contribution is 0.0950. The molecule has 0 saturated carbocycles. The summed E-state index contributed by atoms with van der Waals surface area (Å²) in [6.45, 7) is 2.36. The molecule has 2 rings (SSSR count). The van der Waals surface area contributed by atoms with E-state index in [1.807, 2.05) is 25.1 Å². The van der Waals surface area contributed by atoms with Gasteiger partial charge in [0.15, 0.2) is 0 Å². The van der Waals surface area contributed by atoms with Crippen molar-refractivity contribution in [3.8, 4) is 0 Å². The lowest BCUT2D eigenvalue weighted by Crippen LogP contribution is -2.23. The lowest BCUT2D eigenvalue weighted by Gasteiger charge is -2.09. The number of halogens is 2. The summed E-state index contributed by atoms with van der Waals surface area (Å²) in [5, 5.41) is 4.34. The lowest BCUT2D eigenvalue weighted by atomic mass is 10.1. The molecule has 0 fully saturated rings. The first-order chi connectivity index (χ1) is 9.61. The standard InChI is InChI=1S/C16H15BrClNO/c1-11-14(6-3-7-15(11)18)16(20)19-10-13-5-2-4-12(8-13)9-17/h2-8H,9-10H2,1H3,(H,19,20). The van der Waals surface area contributed by atoms with Gasteiger partial charge in [-0.1, -0.05) is 57.9 Å². The van der Waals surface area contributed by atoms with E-state index >= 15 is 0 Å². The zero-order valence-corrected chi connectivity index (χ0v) is 13.5. The molecule has 0 aliphatic carbocycles. The monoisotopic (exact) mass is 351 g/mol. The number of amides is 1. The van der Waals surface area contributed by atoms with Crippen LogP contribution in [0.2, 0.25) is 5.02 Å². The molecule has 0 aliphatic rings. The van der Waals surface area contributed by atoms with Gasteiger partial charge in [0.2, 0.25) is 0 Å². The Bertz CT molecular complexity index is 628. The fraction of sp³-hybridized carbons (Fsp3) is 0.188. The minimum atomic E-state index is -0.103. The van der Waals surface area contributed by atoms with Gasteiger partial charge in [-0.3, -0.25) is 4.79 Å². The molecule has 20 heavy (non-hydrogen) atoms. The quantitative estimate of drug-likeness (QED) is 0.808. The van der Waals surface area contributed by atoms with Crippen LogP contribution < -0.4 is 5.32 Å². The average molecular weight is 353 g/mol. The van der Waals surface area contributed by atoms with Crippen molar-refractivity contribution >= 4 is 33.4 Å². The Morgan fingerprint density at radius 2 is 1.90 bits per heavy atom. The summed E-state index contributed by atoms with van der Waals surface area (Å²) in [5.41, 5.74) is 3.70. The van der Waals surface area contributed by atoms with Gasteiger partial charge in [-0.15, -0.1) is 0 Å². The molecule has 0 aromatic heterocycles. The summed E-state index contributed by atoms with van der Waals surface area (Å²) in [6, 6.07) is 13.5. The average Bonchev–Trinajstić information content (AvgIpc) is 2.48. The summed E-state index contributed by atoms with van der Waals surface area (Å²) in [4.78, 5) is 12.2. The van der Waals surface area contributed by atoms with E-state index in [9.17, 15) is 4.79 Å². The molecule has 2 nitrogen and oxygen atoms in total. The van der Waals surface area contributed by atoms with E-state index < -0.39 is 0 Å². The topological polar surface area (TPSA) is 29.1 Å². The number of hydrogen-bond acceptors (Lipinski definition) is 1. The molecule has 1 amide bonds. The molecule has 4 heteroatoms. The number of carbonyl (C=O) groups excluding carboxylic acids is 1. The predicted octanol–water partition coefficient (Wildman–Crippen LogP) is 4.47. The Balaban J connectivity index is 2.06. The van der Waals surface area contributed by atoms with Crippen LogP contribution >= 0.6 is 27.5 Å². The van der Waals surface area contributed by atoms with E-state index in [0.717, 1.165) is 16.5 Å². The van der Waals surface area contributed by atoms with Crippen LogP contribution in [0.15, 0.2) is 42.5 Å². The minimum absolute atomic E-state index is 0.103. The van der Waals surface area contributed by atoms with Crippen LogP contribution in [0.25, 0.3) is 0 Å². The smallest absolute Gasteiger partial charge is 0.251 e. The molecule has 104 valence electrons. The molecule has 0 radical (unpaired) electrons. The van der Waals surface area contributed by atoms with Gasteiger partial charge in [0.05, 0.1) is 0 Å². The van der Waals surface area contributed by atoms with Gasteiger partial charge < -0.3 is 5.32 Å². The fourth-order valence-electron chi connectivity index (χ4n) is 1.95. The van der Waals surface area contributed by atoms with Crippen molar-refractivity contribution in [2.75, 3.05) is 0 Å². The van der Waals surface area contributed by atoms with Gasteiger partial charge in [0, 0.05) is 22.5 Å². The maximum Gasteiger partial charge on any atom is 0.251 e. The van der Waals surface area contributed by atoms with Crippen molar-refractivity contribution in [2.24, 2.45) is 0 Å². The molecule has 0 spiro atoms. The highest BCUT2D eigenvalue weighted by Gasteiger charge is 2.10. The second kappa shape index (κ2) is 6.91. The number of rotatable bonds is 4. The molecular weight excluding hydrogens is 338 g/mol. The SMILES string of the molecule is Cc1c(Cl)cccc1C(=O)NCc1cccc(CBr)c1. The molecule has 0 atom stereocenters. The highest BCUT2D eigenvalue weighted by atomic mass is 79.9. The number of nitrogens with one attached hydrogen (secondary N) is 1. The summed E-state index contributed by atoms with van der Waals surface area (Å²) < 4.78 is 0. The second-order valence-corrected chi connectivity index (χ2v) is 5.52. The van der Waals surface area contributed by atoms with Gasteiger partial charge in [-0.25, -0.2) is 0 Å². The van der Waals surface area contributed by atoms with Crippen molar-refractivity contribution in [3.63, 3.8) is 0 Å². The molecular formula is C16H15BrClNO. The molecule has 0 unspecified atom stereocenters. The molecule has 2 aromatic rings. The zero-order valence-electron chi connectivity index (χ0n) is 11.1. The van der Waals surface area contributed by atoms with Gasteiger partial charge in [-0.05, 0) is 35.7 Å². The third-order valence-corrected chi connectivity index (χ3v) is 4.17. The van der Waals surface area contributed by atoms with Crippen LogP contribution in [0.4, 0.5) is 0 Å². The first-order valence-corrected chi connectivity index (χ1v) is 7.79. The van der Waals surface area contributed by atoms with Crippen LogP contribution in [0.5, 0.6) is 0 Å². The normalized spacial score (nSPS) is 10.3. The largest absolute Gasteiger partial charge is 0.348 e. The van der Waals surface area contributed by atoms with E-state index in [-0.39, 0.29) is 5.91 Å². The number of alkyl halides is 1. The number of benzene rings is 2. The van der Waals surface area contributed by atoms with Gasteiger partial charge in [-0.2, -0.15) is 0 Å². The van der Waals surface area contributed by atoms with Crippen molar-refractivity contribution < 1.29 is 4.79 Å². The van der Waals surface area contributed by atoms with E-state index in [0.29, 0.717) is 17.1 Å². The number of carbonyl (C=O) groups is 1. The van der Waals surface area contributed by atoms with E-state index in [1.54, 1.807) is 18.2 Å². The zero-order chi connectivity index (χ0) is 14.5. The molecule has 2 aromatic carbocycles. The maximum absolute atomic E-state index is 12.2. The third kappa shape index (κ3) is 3.62. The third-order valence-electron chi connectivity index (χ3n) is 3.11. The highest BCUT2D eigenvalue weighted by molar-refractivity contribution is 9.08. The Kier molecular flexibility index (Phi) is 5.21. The Hall–Kier alpha value is -1.32. The van der Waals surface area contributed by atoms with Crippen LogP contribution in [0.3, 0.4) is 0 Å². The van der Waals surface area contributed by atoms with Crippen LogP contribution in [0.1, 0.15) is 27.0 Å². The van der Waals surface area contributed by atoms with Crippen molar-refractivity contribution in [1.82, 2.24) is 5.32 Å². The minimum Gasteiger partial charge on any atom is -0.348 e. The molecule has 0 heterocycles. The molecule has 0 aliphatic heterocycles. The predicted molar refractivity (Wildman–Crippen MR) is 86.4 cm³/mol. The summed E-state index contributed by atoms with van der Waals surface area (Å²) in [7, 11) is 0. The molecule has 0 saturated heterocycles. The first-order valence-electron chi connectivity index (χ1n) is 6.29. The van der Waals surface area contributed by atoms with Crippen molar-refractivity contribution in [3.05, 3.63) is 69.7 Å². The Labute approximate surface area is 132 Å². The molecule has 0 bridgehead atoms. The highest BCUT2D eigenvalue weighted by Crippen LogP contribution is 2.18. The molecule has 1 N–H and O–H groups in total. The number of hydrogen-bond donors (Lipinski definition) is 1. The van der Waals surface area contributed by atoms with Gasteiger partial charge >= 0.3 is 0 Å². The van der Waals surface area contributed by atoms with E-state index in [2.05, 4.69) is 27.3 Å². The Morgan fingerprint density at radius 3 is 2.65 bits per heavy atom. The fourth-order valence-corrected chi connectivity index (χ4v) is 2.48. The van der Waals surface area contributed by atoms with Gasteiger partial charge in [0.25, 0.3) is 5.91 Å². The van der Waals surface area contributed by atoms with Crippen LogP contribution in [-0.4, -0.2) is 5.91 Å². The summed E-state index contributed by atoms with van der Waals surface area (Å²) in [5.74, 6) is -0.103. The van der Waals surface area contributed by atoms with Gasteiger partial charge in [0.1, 0.15) is 0 Å². The second-order valence-electron chi connectivity index (χ2n) is 4.55. The van der Waals surface area contributed by atoms with Crippen LogP contribution in [0, 0.1) is 6.92 Å². The van der Waals surface area contributed by atoms with E-state index in [4.69, 9.17) is 11.6 Å². The van der Waals surface area contributed by atoms with Crippen LogP contribution in [-0.2, 0) is 11.9 Å². The van der Waals surface area contributed by atoms with Crippen molar-refractivity contribution in [1.29, 1.82) is 0 Å². The maximum atomic E-state index is 12.2. The Morgan fingerprint density at radius 1 is 1.20 bits per heavy atom. The van der Waals surface area contributed by atoms with Crippen molar-refractivity contribution in [2.45, 2.75) is 18.8 Å². The first kappa shape index (κ1) is 15.1. The summed E-state index contributed by atoms with van der Waals surface area (Å²) in [6.07, 6.45) is 0. The van der Waals surface area contributed by atoms with E-state index in [1.165, 1.54) is 5.56 Å². The summed E-state index contributed by atoms with van der Waals surface area (Å²) >= 11 is 9.45.